The van der Waals surface area contributed by atoms with Crippen molar-refractivity contribution in [1.82, 2.24) is 10.7 Å². The monoisotopic (exact) mass is 479 g/mol. The smallest absolute Gasteiger partial charge is 0.343 e. The van der Waals surface area contributed by atoms with E-state index in [1.807, 2.05) is 0 Å². The number of nitrogens with one attached hydrogen (secondary N) is 2. The first kappa shape index (κ1) is 24.9. The molecule has 0 heterocycles. The fourth-order valence-corrected chi connectivity index (χ4v) is 2.82. The molecular formula is C25H22FN3O6. The maximum Gasteiger partial charge on any atom is 0.343 e. The quantitative estimate of drug-likeness (QED) is 0.211. The lowest BCUT2D eigenvalue weighted by Crippen LogP contribution is -2.34. The Morgan fingerprint density at radius 2 is 1.57 bits per heavy atom. The molecule has 0 atom stereocenters. The topological polar surface area (TPSA) is 115 Å². The first-order chi connectivity index (χ1) is 16.9. The van der Waals surface area contributed by atoms with Crippen LogP contribution < -0.4 is 25.0 Å². The summed E-state index contributed by atoms with van der Waals surface area (Å²) < 4.78 is 28.7. The highest BCUT2D eigenvalue weighted by molar-refractivity contribution is 5.96. The second-order valence-corrected chi connectivity index (χ2v) is 7.01. The average Bonchev–Trinajstić information content (AvgIpc) is 2.88. The molecular weight excluding hydrogens is 457 g/mol. The third kappa shape index (κ3) is 7.13. The largest absolute Gasteiger partial charge is 0.497 e. The predicted molar refractivity (Wildman–Crippen MR) is 125 cm³/mol. The van der Waals surface area contributed by atoms with Gasteiger partial charge in [-0.2, -0.15) is 5.10 Å². The highest BCUT2D eigenvalue weighted by Crippen LogP contribution is 2.28. The van der Waals surface area contributed by atoms with Crippen molar-refractivity contribution < 1.29 is 33.0 Å². The molecule has 9 nitrogen and oxygen atoms in total. The standard InChI is InChI=1S/C25H22FN3O6/c1-33-20-10-6-18(7-11-20)25(32)35-21-12-3-16(13-22(21)34-2)14-28-29-23(30)15-27-24(31)17-4-8-19(26)9-5-17/h3-14H,15H2,1-2H3,(H,27,31)(H,29,30)/b28-14+. The van der Waals surface area contributed by atoms with Crippen LogP contribution in [0.1, 0.15) is 26.3 Å². The lowest BCUT2D eigenvalue weighted by Gasteiger charge is -2.10. The summed E-state index contributed by atoms with van der Waals surface area (Å²) in [5, 5.41) is 6.24. The third-order valence-electron chi connectivity index (χ3n) is 4.63. The molecule has 3 aromatic carbocycles. The second-order valence-electron chi connectivity index (χ2n) is 7.01. The molecule has 3 aromatic rings. The molecule has 180 valence electrons. The fourth-order valence-electron chi connectivity index (χ4n) is 2.82. The van der Waals surface area contributed by atoms with Crippen molar-refractivity contribution in [2.75, 3.05) is 20.8 Å². The van der Waals surface area contributed by atoms with Gasteiger partial charge in [0.2, 0.25) is 0 Å². The van der Waals surface area contributed by atoms with Gasteiger partial charge >= 0.3 is 5.97 Å². The van der Waals surface area contributed by atoms with Crippen molar-refractivity contribution >= 4 is 24.0 Å². The molecule has 10 heteroatoms. The van der Waals surface area contributed by atoms with Gasteiger partial charge in [0.15, 0.2) is 11.5 Å². The molecule has 0 unspecified atom stereocenters. The highest BCUT2D eigenvalue weighted by atomic mass is 19.1. The average molecular weight is 479 g/mol. The zero-order valence-corrected chi connectivity index (χ0v) is 18.9. The van der Waals surface area contributed by atoms with Gasteiger partial charge in [0.1, 0.15) is 11.6 Å². The highest BCUT2D eigenvalue weighted by Gasteiger charge is 2.13. The number of carbonyl (C=O) groups excluding carboxylic acids is 3. The van der Waals surface area contributed by atoms with Crippen molar-refractivity contribution in [3.05, 3.63) is 89.2 Å². The van der Waals surface area contributed by atoms with E-state index in [1.165, 1.54) is 38.6 Å². The van der Waals surface area contributed by atoms with Crippen molar-refractivity contribution in [2.45, 2.75) is 0 Å². The Bertz CT molecular complexity index is 1230. The van der Waals surface area contributed by atoms with E-state index < -0.39 is 23.6 Å². The van der Waals surface area contributed by atoms with Crippen molar-refractivity contribution in [2.24, 2.45) is 5.10 Å². The molecule has 3 rings (SSSR count). The van der Waals surface area contributed by atoms with Crippen LogP contribution in [-0.4, -0.2) is 44.8 Å². The van der Waals surface area contributed by atoms with Crippen LogP contribution in [-0.2, 0) is 4.79 Å². The number of esters is 1. The number of rotatable bonds is 9. The zero-order chi connectivity index (χ0) is 25.2. The molecule has 2 amide bonds. The van der Waals surface area contributed by atoms with E-state index in [2.05, 4.69) is 15.8 Å². The summed E-state index contributed by atoms with van der Waals surface area (Å²) in [6.45, 7) is -0.322. The Kier molecular flexibility index (Phi) is 8.49. The lowest BCUT2D eigenvalue weighted by molar-refractivity contribution is -0.120. The van der Waals surface area contributed by atoms with E-state index in [1.54, 1.807) is 36.4 Å². The van der Waals surface area contributed by atoms with Crippen LogP contribution >= 0.6 is 0 Å². The minimum atomic E-state index is -0.567. The van der Waals surface area contributed by atoms with Crippen LogP contribution in [0.25, 0.3) is 0 Å². The third-order valence-corrected chi connectivity index (χ3v) is 4.63. The van der Waals surface area contributed by atoms with E-state index in [4.69, 9.17) is 14.2 Å². The fraction of sp³-hybridized carbons (Fsp3) is 0.120. The van der Waals surface area contributed by atoms with Gasteiger partial charge in [0, 0.05) is 5.56 Å². The summed E-state index contributed by atoms with van der Waals surface area (Å²) >= 11 is 0. The number of nitrogens with zero attached hydrogens (tertiary/aromatic N) is 1. The number of halogens is 1. The molecule has 0 aliphatic heterocycles. The Morgan fingerprint density at radius 1 is 0.886 bits per heavy atom. The van der Waals surface area contributed by atoms with E-state index in [9.17, 15) is 18.8 Å². The van der Waals surface area contributed by atoms with E-state index >= 15 is 0 Å². The minimum Gasteiger partial charge on any atom is -0.497 e. The number of hydrogen-bond acceptors (Lipinski definition) is 7. The zero-order valence-electron chi connectivity index (χ0n) is 18.9. The molecule has 0 aromatic heterocycles. The Hall–Kier alpha value is -4.73. The Labute approximate surface area is 200 Å². The number of ether oxygens (including phenoxy) is 3. The maximum atomic E-state index is 12.9. The number of carbonyl (C=O) groups is 3. The summed E-state index contributed by atoms with van der Waals surface area (Å²) in [5.41, 5.74) is 3.40. The summed E-state index contributed by atoms with van der Waals surface area (Å²) in [4.78, 5) is 36.2. The van der Waals surface area contributed by atoms with E-state index in [-0.39, 0.29) is 23.6 Å². The number of hydrazone groups is 1. The molecule has 0 bridgehead atoms. The van der Waals surface area contributed by atoms with Crippen molar-refractivity contribution in [3.63, 3.8) is 0 Å². The van der Waals surface area contributed by atoms with Crippen LogP contribution in [0.2, 0.25) is 0 Å². The molecule has 0 aliphatic carbocycles. The van der Waals surface area contributed by atoms with Crippen LogP contribution in [0.15, 0.2) is 71.8 Å². The summed E-state index contributed by atoms with van der Waals surface area (Å²) in [7, 11) is 2.95. The second kappa shape index (κ2) is 11.9. The molecule has 0 spiro atoms. The summed E-state index contributed by atoms with van der Waals surface area (Å²) in [5.74, 6) is -1.00. The number of hydrogen-bond donors (Lipinski definition) is 2. The molecule has 0 aliphatic rings. The normalized spacial score (nSPS) is 10.5. The SMILES string of the molecule is COc1ccc(C(=O)Oc2ccc(/C=N/NC(=O)CNC(=O)c3ccc(F)cc3)cc2OC)cc1. The maximum absolute atomic E-state index is 12.9. The number of amides is 2. The van der Waals surface area contributed by atoms with Gasteiger partial charge in [-0.15, -0.1) is 0 Å². The van der Waals surface area contributed by atoms with E-state index in [0.29, 0.717) is 16.9 Å². The van der Waals surface area contributed by atoms with Crippen LogP contribution in [0, 0.1) is 5.82 Å². The molecule has 2 N–H and O–H groups in total. The van der Waals surface area contributed by atoms with E-state index in [0.717, 1.165) is 12.1 Å². The van der Waals surface area contributed by atoms with Gasteiger partial charge in [-0.05, 0) is 72.3 Å². The van der Waals surface area contributed by atoms with Crippen molar-refractivity contribution in [3.8, 4) is 17.2 Å². The summed E-state index contributed by atoms with van der Waals surface area (Å²) in [6, 6.07) is 16.1. The lowest BCUT2D eigenvalue weighted by atomic mass is 10.2. The van der Waals surface area contributed by atoms with Crippen LogP contribution in [0.3, 0.4) is 0 Å². The van der Waals surface area contributed by atoms with Gasteiger partial charge in [0.25, 0.3) is 11.8 Å². The van der Waals surface area contributed by atoms with Crippen LogP contribution in [0.5, 0.6) is 17.2 Å². The molecule has 0 saturated carbocycles. The number of methoxy groups -OCH3 is 2. The Balaban J connectivity index is 1.53. The van der Waals surface area contributed by atoms with Gasteiger partial charge < -0.3 is 19.5 Å². The number of benzene rings is 3. The molecule has 35 heavy (non-hydrogen) atoms. The first-order valence-corrected chi connectivity index (χ1v) is 10.3. The van der Waals surface area contributed by atoms with Gasteiger partial charge in [-0.3, -0.25) is 9.59 Å². The van der Waals surface area contributed by atoms with Gasteiger partial charge in [-0.25, -0.2) is 14.6 Å². The molecule has 0 saturated heterocycles. The Morgan fingerprint density at radius 3 is 2.23 bits per heavy atom. The molecule has 0 fully saturated rings. The van der Waals surface area contributed by atoms with Crippen LogP contribution in [0.4, 0.5) is 4.39 Å². The minimum absolute atomic E-state index is 0.206. The predicted octanol–water partition coefficient (Wildman–Crippen LogP) is 2.94. The first-order valence-electron chi connectivity index (χ1n) is 10.3. The molecule has 0 radical (unpaired) electrons. The summed E-state index contributed by atoms with van der Waals surface area (Å²) in [6.07, 6.45) is 1.36. The van der Waals surface area contributed by atoms with Gasteiger partial charge in [0.05, 0.1) is 32.5 Å². The van der Waals surface area contributed by atoms with Gasteiger partial charge in [-0.1, -0.05) is 0 Å². The van der Waals surface area contributed by atoms with Crippen molar-refractivity contribution in [1.29, 1.82) is 0 Å².